The molecule has 3 rings (SSSR count). The Bertz CT molecular complexity index is 732. The number of urea groups is 1. The van der Waals surface area contributed by atoms with Gasteiger partial charge in [-0.25, -0.2) is 4.79 Å². The number of nitrogens with one attached hydrogen (secondary N) is 1. The van der Waals surface area contributed by atoms with Gasteiger partial charge in [0.15, 0.2) is 0 Å². The van der Waals surface area contributed by atoms with Crippen LogP contribution in [0.3, 0.4) is 0 Å². The summed E-state index contributed by atoms with van der Waals surface area (Å²) in [5, 5.41) is 12.2. The lowest BCUT2D eigenvalue weighted by atomic mass is 10.1. The molecule has 0 aliphatic heterocycles. The number of nitrogens with zero attached hydrogens (tertiary/aromatic N) is 1. The molecule has 0 spiro atoms. The van der Waals surface area contributed by atoms with Gasteiger partial charge < -0.3 is 20.1 Å². The first-order chi connectivity index (χ1) is 12.2. The zero-order chi connectivity index (χ0) is 17.6. The summed E-state index contributed by atoms with van der Waals surface area (Å²) < 4.78 is 5.32. The molecule has 5 heteroatoms. The smallest absolute Gasteiger partial charge is 0.322 e. The number of amides is 2. The predicted molar refractivity (Wildman–Crippen MR) is 97.9 cm³/mol. The highest BCUT2D eigenvalue weighted by atomic mass is 16.5. The van der Waals surface area contributed by atoms with Gasteiger partial charge >= 0.3 is 6.03 Å². The Hall–Kier alpha value is -2.53. The summed E-state index contributed by atoms with van der Waals surface area (Å²) in [5.41, 5.74) is 3.15. The van der Waals surface area contributed by atoms with E-state index in [1.165, 1.54) is 11.1 Å². The second kappa shape index (κ2) is 8.03. The molecule has 1 aliphatic rings. The Kier molecular flexibility index (Phi) is 5.56. The number of aryl methyl sites for hydroxylation is 1. The fourth-order valence-electron chi connectivity index (χ4n) is 3.43. The zero-order valence-electron chi connectivity index (χ0n) is 14.4. The molecule has 5 nitrogen and oxygen atoms in total. The molecule has 0 fully saturated rings. The average Bonchev–Trinajstić information content (AvgIpc) is 3.06. The molecular formula is C20H24N2O3. The van der Waals surface area contributed by atoms with E-state index in [1.54, 1.807) is 7.11 Å². The lowest BCUT2D eigenvalue weighted by Gasteiger charge is -2.30. The predicted octanol–water partition coefficient (Wildman–Crippen LogP) is 3.60. The molecule has 2 amide bonds. The Balaban J connectivity index is 1.82. The average molecular weight is 340 g/mol. The summed E-state index contributed by atoms with van der Waals surface area (Å²) in [5.74, 6) is 0.629. The summed E-state index contributed by atoms with van der Waals surface area (Å²) in [6.45, 7) is 0.573. The fraction of sp³-hybridized carbons (Fsp3) is 0.350. The first-order valence-corrected chi connectivity index (χ1v) is 8.64. The molecular weight excluding hydrogens is 316 g/mol. The second-order valence-electron chi connectivity index (χ2n) is 6.15. The van der Waals surface area contributed by atoms with Crippen LogP contribution in [0.1, 0.15) is 30.0 Å². The number of carbonyl (C=O) groups is 1. The van der Waals surface area contributed by atoms with Crippen molar-refractivity contribution >= 4 is 11.7 Å². The minimum Gasteiger partial charge on any atom is -0.495 e. The van der Waals surface area contributed by atoms with Gasteiger partial charge in [0, 0.05) is 13.2 Å². The van der Waals surface area contributed by atoms with Gasteiger partial charge in [-0.15, -0.1) is 0 Å². The van der Waals surface area contributed by atoms with Crippen LogP contribution in [0.4, 0.5) is 10.5 Å². The number of benzene rings is 2. The standard InChI is InChI=1S/C20H24N2O3/c1-25-19-10-5-4-9-17(19)21-20(24)22(13-6-14-23)18-12-11-15-7-2-3-8-16(15)18/h2-5,7-10,18,23H,6,11-14H2,1H3,(H,21,24). The monoisotopic (exact) mass is 340 g/mol. The van der Waals surface area contributed by atoms with Crippen LogP contribution in [-0.4, -0.2) is 36.3 Å². The van der Waals surface area contributed by atoms with E-state index in [0.717, 1.165) is 12.8 Å². The Labute approximate surface area is 148 Å². The molecule has 0 aromatic heterocycles. The second-order valence-corrected chi connectivity index (χ2v) is 6.15. The normalized spacial score (nSPS) is 15.5. The molecule has 1 aliphatic carbocycles. The molecule has 0 heterocycles. The van der Waals surface area contributed by atoms with Crippen molar-refractivity contribution in [2.75, 3.05) is 25.6 Å². The Morgan fingerprint density at radius 1 is 1.24 bits per heavy atom. The third kappa shape index (κ3) is 3.77. The van der Waals surface area contributed by atoms with Crippen molar-refractivity contribution in [3.63, 3.8) is 0 Å². The van der Waals surface area contributed by atoms with E-state index >= 15 is 0 Å². The maximum absolute atomic E-state index is 13.0. The van der Waals surface area contributed by atoms with Crippen molar-refractivity contribution in [2.24, 2.45) is 0 Å². The Morgan fingerprint density at radius 2 is 2.00 bits per heavy atom. The van der Waals surface area contributed by atoms with Gasteiger partial charge in [-0.2, -0.15) is 0 Å². The number of anilines is 1. The van der Waals surface area contributed by atoms with Crippen molar-refractivity contribution in [1.29, 1.82) is 0 Å². The van der Waals surface area contributed by atoms with Crippen molar-refractivity contribution in [3.8, 4) is 5.75 Å². The number of fused-ring (bicyclic) bond motifs is 1. The Morgan fingerprint density at radius 3 is 2.80 bits per heavy atom. The van der Waals surface area contributed by atoms with Crippen LogP contribution in [0, 0.1) is 0 Å². The fourth-order valence-corrected chi connectivity index (χ4v) is 3.43. The van der Waals surface area contributed by atoms with Gasteiger partial charge in [-0.1, -0.05) is 36.4 Å². The van der Waals surface area contributed by atoms with Gasteiger partial charge in [0.05, 0.1) is 18.8 Å². The molecule has 0 saturated carbocycles. The van der Waals surface area contributed by atoms with E-state index in [2.05, 4.69) is 17.4 Å². The third-order valence-electron chi connectivity index (χ3n) is 4.64. The zero-order valence-corrected chi connectivity index (χ0v) is 14.4. The number of carbonyl (C=O) groups excluding carboxylic acids is 1. The van der Waals surface area contributed by atoms with Crippen LogP contribution in [0.2, 0.25) is 0 Å². The van der Waals surface area contributed by atoms with E-state index in [-0.39, 0.29) is 18.7 Å². The van der Waals surface area contributed by atoms with Gasteiger partial charge in [0.1, 0.15) is 5.75 Å². The highest BCUT2D eigenvalue weighted by Crippen LogP contribution is 2.36. The molecule has 1 atom stereocenters. The number of ether oxygens (including phenoxy) is 1. The third-order valence-corrected chi connectivity index (χ3v) is 4.64. The number of aliphatic hydroxyl groups excluding tert-OH is 1. The molecule has 132 valence electrons. The quantitative estimate of drug-likeness (QED) is 0.844. The molecule has 0 bridgehead atoms. The van der Waals surface area contributed by atoms with Gasteiger partial charge in [0.2, 0.25) is 0 Å². The van der Waals surface area contributed by atoms with Gasteiger partial charge in [0.25, 0.3) is 0 Å². The molecule has 2 aromatic rings. The van der Waals surface area contributed by atoms with Crippen LogP contribution in [-0.2, 0) is 6.42 Å². The minimum atomic E-state index is -0.167. The lowest BCUT2D eigenvalue weighted by Crippen LogP contribution is -2.38. The molecule has 25 heavy (non-hydrogen) atoms. The summed E-state index contributed by atoms with van der Waals surface area (Å²) in [6, 6.07) is 15.5. The maximum Gasteiger partial charge on any atom is 0.322 e. The van der Waals surface area contributed by atoms with E-state index < -0.39 is 0 Å². The highest BCUT2D eigenvalue weighted by Gasteiger charge is 2.30. The maximum atomic E-state index is 13.0. The number of rotatable bonds is 6. The van der Waals surface area contributed by atoms with E-state index in [9.17, 15) is 9.90 Å². The minimum absolute atomic E-state index is 0.0393. The first-order valence-electron chi connectivity index (χ1n) is 8.64. The van der Waals surface area contributed by atoms with Crippen LogP contribution in [0.25, 0.3) is 0 Å². The number of para-hydroxylation sites is 2. The molecule has 0 saturated heterocycles. The summed E-state index contributed by atoms with van der Waals surface area (Å²) in [6.07, 6.45) is 2.43. The number of hydrogen-bond donors (Lipinski definition) is 2. The summed E-state index contributed by atoms with van der Waals surface area (Å²) in [7, 11) is 1.59. The first kappa shape index (κ1) is 17.3. The topological polar surface area (TPSA) is 61.8 Å². The van der Waals surface area contributed by atoms with E-state index in [0.29, 0.717) is 24.4 Å². The van der Waals surface area contributed by atoms with Gasteiger partial charge in [-0.05, 0) is 42.5 Å². The largest absolute Gasteiger partial charge is 0.495 e. The number of methoxy groups -OCH3 is 1. The highest BCUT2D eigenvalue weighted by molar-refractivity contribution is 5.91. The van der Waals surface area contributed by atoms with Crippen LogP contribution in [0.5, 0.6) is 5.75 Å². The van der Waals surface area contributed by atoms with Crippen molar-refractivity contribution < 1.29 is 14.6 Å². The van der Waals surface area contributed by atoms with E-state index in [4.69, 9.17) is 4.74 Å². The lowest BCUT2D eigenvalue weighted by molar-refractivity contribution is 0.177. The van der Waals surface area contributed by atoms with Crippen LogP contribution >= 0.6 is 0 Å². The number of aliphatic hydroxyl groups is 1. The molecule has 2 N–H and O–H groups in total. The number of hydrogen-bond acceptors (Lipinski definition) is 3. The van der Waals surface area contributed by atoms with Crippen LogP contribution < -0.4 is 10.1 Å². The summed E-state index contributed by atoms with van der Waals surface area (Å²) in [4.78, 5) is 14.8. The van der Waals surface area contributed by atoms with Crippen molar-refractivity contribution in [1.82, 2.24) is 4.90 Å². The van der Waals surface area contributed by atoms with Crippen LogP contribution in [0.15, 0.2) is 48.5 Å². The van der Waals surface area contributed by atoms with Gasteiger partial charge in [-0.3, -0.25) is 0 Å². The van der Waals surface area contributed by atoms with Crippen molar-refractivity contribution in [2.45, 2.75) is 25.3 Å². The van der Waals surface area contributed by atoms with E-state index in [1.807, 2.05) is 41.3 Å². The molecule has 1 unspecified atom stereocenters. The molecule has 0 radical (unpaired) electrons. The molecule has 2 aromatic carbocycles. The SMILES string of the molecule is COc1ccccc1NC(=O)N(CCCO)C1CCc2ccccc21. The van der Waals surface area contributed by atoms with Crippen molar-refractivity contribution in [3.05, 3.63) is 59.7 Å². The summed E-state index contributed by atoms with van der Waals surface area (Å²) >= 11 is 0.